The van der Waals surface area contributed by atoms with E-state index >= 15 is 0 Å². The third-order valence-electron chi connectivity index (χ3n) is 12.4. The van der Waals surface area contributed by atoms with Gasteiger partial charge in [0, 0.05) is 53.0 Å². The maximum Gasteiger partial charge on any atom is 0.235 e. The van der Waals surface area contributed by atoms with Crippen molar-refractivity contribution in [2.45, 2.75) is 0 Å². The Morgan fingerprint density at radius 2 is 0.983 bits per heavy atom. The van der Waals surface area contributed by atoms with Crippen molar-refractivity contribution in [3.8, 4) is 39.5 Å². The summed E-state index contributed by atoms with van der Waals surface area (Å²) in [6.07, 6.45) is 0. The van der Waals surface area contributed by atoms with Gasteiger partial charge in [-0.15, -0.1) is 11.3 Å². The molecule has 0 spiro atoms. The zero-order valence-electron chi connectivity index (χ0n) is 32.3. The van der Waals surface area contributed by atoms with Gasteiger partial charge in [0.25, 0.3) is 0 Å². The topological polar surface area (TPSA) is 30.7 Å². The SMILES string of the molecule is c1ccc2cc3c(cc2c1)c1cccc(-c2cccc4c2sc2ccc5ccccc5c24)c1n3-c1nc(-c2ccc(-c3cccc4ccccc34)cc2)c2ccccc2n1. The van der Waals surface area contributed by atoms with E-state index in [0.29, 0.717) is 5.95 Å². The summed E-state index contributed by atoms with van der Waals surface area (Å²) in [4.78, 5) is 11.0. The molecule has 0 bridgehead atoms. The Bertz CT molecular complexity index is 3890. The van der Waals surface area contributed by atoms with Crippen LogP contribution in [0.15, 0.2) is 200 Å². The Balaban J connectivity index is 1.09. The van der Waals surface area contributed by atoms with Crippen LogP contribution in [0.1, 0.15) is 0 Å². The Kier molecular flexibility index (Phi) is 7.18. The second-order valence-electron chi connectivity index (χ2n) is 15.7. The van der Waals surface area contributed by atoms with Crippen LogP contribution in [0, 0.1) is 0 Å². The predicted octanol–water partition coefficient (Wildman–Crippen LogP) is 15.6. The van der Waals surface area contributed by atoms with E-state index in [-0.39, 0.29) is 0 Å². The summed E-state index contributed by atoms with van der Waals surface area (Å²) in [7, 11) is 0. The molecule has 0 saturated carbocycles. The minimum absolute atomic E-state index is 0.652. The van der Waals surface area contributed by atoms with Crippen molar-refractivity contribution in [3.63, 3.8) is 0 Å². The molecule has 0 aliphatic rings. The van der Waals surface area contributed by atoms with Gasteiger partial charge in [-0.05, 0) is 67.7 Å². The predicted molar refractivity (Wildman–Crippen MR) is 256 cm³/mol. The Morgan fingerprint density at radius 3 is 1.82 bits per heavy atom. The van der Waals surface area contributed by atoms with Gasteiger partial charge in [-0.2, -0.15) is 0 Å². The lowest BCUT2D eigenvalue weighted by Gasteiger charge is -2.14. The molecule has 0 fully saturated rings. The van der Waals surface area contributed by atoms with E-state index < -0.39 is 0 Å². The number of hydrogen-bond acceptors (Lipinski definition) is 3. The van der Waals surface area contributed by atoms with Crippen LogP contribution in [0.3, 0.4) is 0 Å². The number of hydrogen-bond donors (Lipinski definition) is 0. The standard InChI is InChI=1S/C56H33N3S/c1-2-15-39-33-50-48(32-38(39)14-1)44-22-10-21-43(45-23-11-24-47-52-42-18-6-4-13-35(42)30-31-51(52)60-55(45)47)54(44)59(50)56-57-49-25-8-7-19-46(49)53(58-56)37-28-26-36(27-29-37)41-20-9-16-34-12-3-5-17-40(34)41/h1-33H. The van der Waals surface area contributed by atoms with Crippen molar-refractivity contribution in [2.24, 2.45) is 0 Å². The van der Waals surface area contributed by atoms with Crippen molar-refractivity contribution in [1.82, 2.24) is 14.5 Å². The van der Waals surface area contributed by atoms with E-state index in [1.165, 1.54) is 80.0 Å². The largest absolute Gasteiger partial charge is 0.277 e. The molecule has 0 unspecified atom stereocenters. The highest BCUT2D eigenvalue weighted by Crippen LogP contribution is 2.46. The van der Waals surface area contributed by atoms with Gasteiger partial charge in [-0.3, -0.25) is 4.57 Å². The van der Waals surface area contributed by atoms with Crippen molar-refractivity contribution >= 4 is 96.5 Å². The molecule has 278 valence electrons. The van der Waals surface area contributed by atoms with Crippen LogP contribution in [0.2, 0.25) is 0 Å². The van der Waals surface area contributed by atoms with Crippen molar-refractivity contribution < 1.29 is 0 Å². The number of rotatable bonds is 4. The van der Waals surface area contributed by atoms with Crippen LogP contribution in [0.4, 0.5) is 0 Å². The van der Waals surface area contributed by atoms with Gasteiger partial charge in [-0.1, -0.05) is 176 Å². The second-order valence-corrected chi connectivity index (χ2v) is 16.7. The Labute approximate surface area is 349 Å². The molecule has 3 heterocycles. The summed E-state index contributed by atoms with van der Waals surface area (Å²) in [5.74, 6) is 0.652. The lowest BCUT2D eigenvalue weighted by molar-refractivity contribution is 1.01. The van der Waals surface area contributed by atoms with Crippen molar-refractivity contribution in [2.75, 3.05) is 0 Å². The number of thiophene rings is 1. The first-order valence-corrected chi connectivity index (χ1v) is 21.2. The summed E-state index contributed by atoms with van der Waals surface area (Å²) in [6.45, 7) is 0. The molecule has 0 aliphatic heterocycles. The zero-order chi connectivity index (χ0) is 39.3. The molecular weight excluding hydrogens is 747 g/mol. The fourth-order valence-corrected chi connectivity index (χ4v) is 10.9. The number of benzene rings is 10. The van der Waals surface area contributed by atoms with E-state index in [9.17, 15) is 0 Å². The highest BCUT2D eigenvalue weighted by molar-refractivity contribution is 7.26. The zero-order valence-corrected chi connectivity index (χ0v) is 33.1. The number of aromatic nitrogens is 3. The van der Waals surface area contributed by atoms with E-state index in [0.717, 1.165) is 38.8 Å². The molecule has 60 heavy (non-hydrogen) atoms. The monoisotopic (exact) mass is 779 g/mol. The van der Waals surface area contributed by atoms with Crippen molar-refractivity contribution in [3.05, 3.63) is 200 Å². The fraction of sp³-hybridized carbons (Fsp3) is 0. The van der Waals surface area contributed by atoms with Crippen LogP contribution >= 0.6 is 11.3 Å². The van der Waals surface area contributed by atoms with E-state index in [1.807, 2.05) is 11.3 Å². The van der Waals surface area contributed by atoms with Crippen LogP contribution in [0.25, 0.3) is 125 Å². The lowest BCUT2D eigenvalue weighted by atomic mass is 9.96. The number of fused-ring (bicyclic) bond motifs is 11. The highest BCUT2D eigenvalue weighted by Gasteiger charge is 2.22. The van der Waals surface area contributed by atoms with Crippen molar-refractivity contribution in [1.29, 1.82) is 0 Å². The Morgan fingerprint density at radius 1 is 0.383 bits per heavy atom. The van der Waals surface area contributed by atoms with Crippen LogP contribution < -0.4 is 0 Å². The number of para-hydroxylation sites is 2. The molecule has 10 aromatic carbocycles. The quantitative estimate of drug-likeness (QED) is 0.178. The summed E-state index contributed by atoms with van der Waals surface area (Å²) in [5, 5.41) is 13.4. The summed E-state index contributed by atoms with van der Waals surface area (Å²) in [5.41, 5.74) is 9.82. The van der Waals surface area contributed by atoms with Gasteiger partial charge < -0.3 is 0 Å². The molecular formula is C56H33N3S. The minimum Gasteiger partial charge on any atom is -0.277 e. The molecule has 0 radical (unpaired) electrons. The maximum atomic E-state index is 5.57. The Hall–Kier alpha value is -7.66. The second kappa shape index (κ2) is 12.9. The average Bonchev–Trinajstić information content (AvgIpc) is 3.86. The molecule has 3 aromatic heterocycles. The van der Waals surface area contributed by atoms with Gasteiger partial charge in [0.1, 0.15) is 0 Å². The third kappa shape index (κ3) is 4.95. The molecule has 0 saturated heterocycles. The smallest absolute Gasteiger partial charge is 0.235 e. The maximum absolute atomic E-state index is 5.57. The minimum atomic E-state index is 0.652. The average molecular weight is 780 g/mol. The first-order valence-electron chi connectivity index (χ1n) is 20.4. The van der Waals surface area contributed by atoms with Crippen LogP contribution in [-0.4, -0.2) is 14.5 Å². The molecule has 3 nitrogen and oxygen atoms in total. The first kappa shape index (κ1) is 33.3. The fourth-order valence-electron chi connectivity index (χ4n) is 9.63. The van der Waals surface area contributed by atoms with Gasteiger partial charge in [-0.25, -0.2) is 9.97 Å². The van der Waals surface area contributed by atoms with Gasteiger partial charge in [0.05, 0.1) is 22.2 Å². The normalized spacial score (nSPS) is 12.0. The summed E-state index contributed by atoms with van der Waals surface area (Å²) < 4.78 is 4.91. The molecule has 13 aromatic rings. The van der Waals surface area contributed by atoms with Gasteiger partial charge in [0.15, 0.2) is 0 Å². The van der Waals surface area contributed by atoms with Gasteiger partial charge in [0.2, 0.25) is 5.95 Å². The van der Waals surface area contributed by atoms with Crippen LogP contribution in [0.5, 0.6) is 0 Å². The van der Waals surface area contributed by atoms with E-state index in [1.54, 1.807) is 0 Å². The summed E-state index contributed by atoms with van der Waals surface area (Å²) in [6, 6.07) is 72.5. The lowest BCUT2D eigenvalue weighted by Crippen LogP contribution is -2.04. The molecule has 0 atom stereocenters. The molecule has 0 amide bonds. The molecule has 0 N–H and O–H groups in total. The first-order chi connectivity index (χ1) is 29.7. The van der Waals surface area contributed by atoms with E-state index in [4.69, 9.17) is 9.97 Å². The number of nitrogens with zero attached hydrogens (tertiary/aromatic N) is 3. The molecule has 4 heteroatoms. The van der Waals surface area contributed by atoms with Gasteiger partial charge >= 0.3 is 0 Å². The highest BCUT2D eigenvalue weighted by atomic mass is 32.1. The summed E-state index contributed by atoms with van der Waals surface area (Å²) >= 11 is 1.88. The third-order valence-corrected chi connectivity index (χ3v) is 13.6. The van der Waals surface area contributed by atoms with E-state index in [2.05, 4.69) is 205 Å². The van der Waals surface area contributed by atoms with Crippen LogP contribution in [-0.2, 0) is 0 Å². The molecule has 0 aliphatic carbocycles. The molecule has 13 rings (SSSR count).